The van der Waals surface area contributed by atoms with Gasteiger partial charge in [-0.3, -0.25) is 4.79 Å². The smallest absolute Gasteiger partial charge is 0.185 e. The molecule has 0 aliphatic carbocycles. The summed E-state index contributed by atoms with van der Waals surface area (Å²) in [4.78, 5) is 19.7. The maximum Gasteiger partial charge on any atom is 0.185 e. The van der Waals surface area contributed by atoms with Crippen molar-refractivity contribution < 1.29 is 14.3 Å². The van der Waals surface area contributed by atoms with E-state index in [2.05, 4.69) is 46.3 Å². The lowest BCUT2D eigenvalue weighted by molar-refractivity contribution is 0.0986. The molecule has 5 rings (SSSR count). The normalized spacial score (nSPS) is 17.7. The van der Waals surface area contributed by atoms with Crippen LogP contribution < -0.4 is 14.4 Å². The standard InChI is InChI=1S/C25H24N2O3/c28-23(21-15-24-25(16-26-21)30-13-12-29-24)14-19-8-4-5-9-22(19)27-11-10-20(17-27)18-6-2-1-3-7-18/h1-9,15-16,20H,10-14,17H2. The van der Waals surface area contributed by atoms with Crippen molar-refractivity contribution in [1.29, 1.82) is 0 Å². The molecule has 1 aromatic heterocycles. The van der Waals surface area contributed by atoms with Crippen LogP contribution in [0.15, 0.2) is 66.9 Å². The van der Waals surface area contributed by atoms with Crippen LogP contribution in [0.3, 0.4) is 0 Å². The molecule has 5 nitrogen and oxygen atoms in total. The first-order valence-corrected chi connectivity index (χ1v) is 10.4. The van der Waals surface area contributed by atoms with Crippen LogP contribution in [0.25, 0.3) is 0 Å². The van der Waals surface area contributed by atoms with Gasteiger partial charge in [-0.1, -0.05) is 48.5 Å². The van der Waals surface area contributed by atoms with Gasteiger partial charge in [0.1, 0.15) is 18.9 Å². The van der Waals surface area contributed by atoms with Crippen molar-refractivity contribution in [1.82, 2.24) is 4.98 Å². The van der Waals surface area contributed by atoms with Crippen LogP contribution in [-0.4, -0.2) is 37.1 Å². The molecule has 2 aliphatic rings. The summed E-state index contributed by atoms with van der Waals surface area (Å²) in [5.74, 6) is 1.70. The zero-order valence-electron chi connectivity index (χ0n) is 16.8. The zero-order valence-corrected chi connectivity index (χ0v) is 16.8. The van der Waals surface area contributed by atoms with E-state index in [0.29, 0.717) is 42.7 Å². The van der Waals surface area contributed by atoms with E-state index in [1.54, 1.807) is 12.3 Å². The Hall–Kier alpha value is -3.34. The van der Waals surface area contributed by atoms with Gasteiger partial charge in [0, 0.05) is 37.2 Å². The van der Waals surface area contributed by atoms with Gasteiger partial charge in [0.25, 0.3) is 0 Å². The lowest BCUT2D eigenvalue weighted by Gasteiger charge is -2.22. The summed E-state index contributed by atoms with van der Waals surface area (Å²) in [5, 5.41) is 0. The SMILES string of the molecule is O=C(Cc1ccccc1N1CCC(c2ccccc2)C1)c1cc2c(cn1)OCCO2. The average Bonchev–Trinajstić information content (AvgIpc) is 3.30. The predicted octanol–water partition coefficient (Wildman–Crippen LogP) is 4.27. The number of carbonyl (C=O) groups excluding carboxylic acids is 1. The van der Waals surface area contributed by atoms with Gasteiger partial charge in [0.05, 0.1) is 6.20 Å². The number of para-hydroxylation sites is 1. The van der Waals surface area contributed by atoms with E-state index in [9.17, 15) is 4.79 Å². The monoisotopic (exact) mass is 400 g/mol. The number of ether oxygens (including phenoxy) is 2. The average molecular weight is 400 g/mol. The van der Waals surface area contributed by atoms with Gasteiger partial charge in [-0.05, 0) is 23.6 Å². The van der Waals surface area contributed by atoms with Crippen LogP contribution >= 0.6 is 0 Å². The number of nitrogens with zero attached hydrogens (tertiary/aromatic N) is 2. The van der Waals surface area contributed by atoms with Crippen molar-refractivity contribution in [3.05, 3.63) is 83.7 Å². The van der Waals surface area contributed by atoms with Crippen LogP contribution in [0, 0.1) is 0 Å². The molecule has 0 amide bonds. The summed E-state index contributed by atoms with van der Waals surface area (Å²) < 4.78 is 11.1. The Morgan fingerprint density at radius 3 is 2.63 bits per heavy atom. The third-order valence-electron chi connectivity index (χ3n) is 5.86. The van der Waals surface area contributed by atoms with Crippen LogP contribution in [0.5, 0.6) is 11.5 Å². The molecule has 2 aromatic carbocycles. The summed E-state index contributed by atoms with van der Waals surface area (Å²) >= 11 is 0. The summed E-state index contributed by atoms with van der Waals surface area (Å²) in [7, 11) is 0. The molecule has 0 spiro atoms. The lowest BCUT2D eigenvalue weighted by Crippen LogP contribution is -2.21. The summed E-state index contributed by atoms with van der Waals surface area (Å²) in [6.07, 6.45) is 3.02. The fourth-order valence-electron chi connectivity index (χ4n) is 4.31. The molecule has 0 saturated carbocycles. The quantitative estimate of drug-likeness (QED) is 0.599. The Balaban J connectivity index is 1.33. The lowest BCUT2D eigenvalue weighted by atomic mass is 9.99. The van der Waals surface area contributed by atoms with Gasteiger partial charge in [0.2, 0.25) is 0 Å². The minimum absolute atomic E-state index is 0.0155. The highest BCUT2D eigenvalue weighted by molar-refractivity contribution is 5.97. The Morgan fingerprint density at radius 2 is 1.77 bits per heavy atom. The van der Waals surface area contributed by atoms with Crippen molar-refractivity contribution in [2.45, 2.75) is 18.8 Å². The van der Waals surface area contributed by atoms with Crippen LogP contribution in [0.4, 0.5) is 5.69 Å². The predicted molar refractivity (Wildman–Crippen MR) is 116 cm³/mol. The van der Waals surface area contributed by atoms with E-state index in [4.69, 9.17) is 9.47 Å². The molecule has 3 heterocycles. The van der Waals surface area contributed by atoms with E-state index < -0.39 is 0 Å². The van der Waals surface area contributed by atoms with Crippen molar-refractivity contribution in [3.63, 3.8) is 0 Å². The number of fused-ring (bicyclic) bond motifs is 1. The second-order valence-corrected chi connectivity index (χ2v) is 7.78. The van der Waals surface area contributed by atoms with Crippen molar-refractivity contribution in [3.8, 4) is 11.5 Å². The molecule has 3 aromatic rings. The Kier molecular flexibility index (Phi) is 5.10. The number of anilines is 1. The molecule has 2 aliphatic heterocycles. The first-order valence-electron chi connectivity index (χ1n) is 10.4. The number of rotatable bonds is 5. The molecule has 1 unspecified atom stereocenters. The minimum atomic E-state index is -0.0155. The molecule has 0 bridgehead atoms. The fourth-order valence-corrected chi connectivity index (χ4v) is 4.31. The van der Waals surface area contributed by atoms with Gasteiger partial charge in [-0.2, -0.15) is 0 Å². The molecule has 1 saturated heterocycles. The Labute approximate surface area is 176 Å². The molecule has 0 N–H and O–H groups in total. The van der Waals surface area contributed by atoms with Crippen molar-refractivity contribution in [2.75, 3.05) is 31.2 Å². The summed E-state index contributed by atoms with van der Waals surface area (Å²) in [6, 6.07) is 20.6. The minimum Gasteiger partial charge on any atom is -0.486 e. The van der Waals surface area contributed by atoms with E-state index in [1.807, 2.05) is 18.2 Å². The maximum absolute atomic E-state index is 13.0. The van der Waals surface area contributed by atoms with Gasteiger partial charge >= 0.3 is 0 Å². The third-order valence-corrected chi connectivity index (χ3v) is 5.86. The highest BCUT2D eigenvalue weighted by atomic mass is 16.6. The molecule has 1 fully saturated rings. The highest BCUT2D eigenvalue weighted by Crippen LogP contribution is 2.33. The second-order valence-electron chi connectivity index (χ2n) is 7.78. The van der Waals surface area contributed by atoms with Crippen LogP contribution in [-0.2, 0) is 6.42 Å². The molecule has 30 heavy (non-hydrogen) atoms. The van der Waals surface area contributed by atoms with Crippen LogP contribution in [0.1, 0.15) is 34.0 Å². The van der Waals surface area contributed by atoms with E-state index in [-0.39, 0.29) is 5.78 Å². The van der Waals surface area contributed by atoms with Gasteiger partial charge in [-0.25, -0.2) is 4.98 Å². The van der Waals surface area contributed by atoms with E-state index in [1.165, 1.54) is 5.56 Å². The molecular formula is C25H24N2O3. The number of benzene rings is 2. The van der Waals surface area contributed by atoms with E-state index in [0.717, 1.165) is 30.8 Å². The maximum atomic E-state index is 13.0. The first kappa shape index (κ1) is 18.7. The molecule has 1 atom stereocenters. The number of pyridine rings is 1. The highest BCUT2D eigenvalue weighted by Gasteiger charge is 2.26. The number of ketones is 1. The number of Topliss-reactive ketones (excluding diaryl/α,β-unsaturated/α-hetero) is 1. The van der Waals surface area contributed by atoms with Crippen LogP contribution in [0.2, 0.25) is 0 Å². The summed E-state index contributed by atoms with van der Waals surface area (Å²) in [5.41, 5.74) is 3.97. The molecule has 5 heteroatoms. The number of aromatic nitrogens is 1. The number of hydrogen-bond acceptors (Lipinski definition) is 5. The fraction of sp³-hybridized carbons (Fsp3) is 0.280. The first-order chi connectivity index (χ1) is 14.8. The molecule has 152 valence electrons. The second kappa shape index (κ2) is 8.19. The molecular weight excluding hydrogens is 376 g/mol. The van der Waals surface area contributed by atoms with Gasteiger partial charge in [0.15, 0.2) is 17.3 Å². The number of hydrogen-bond donors (Lipinski definition) is 0. The Morgan fingerprint density at radius 1 is 1.00 bits per heavy atom. The number of carbonyl (C=O) groups is 1. The summed E-state index contributed by atoms with van der Waals surface area (Å²) in [6.45, 7) is 2.96. The van der Waals surface area contributed by atoms with Crippen molar-refractivity contribution >= 4 is 11.5 Å². The molecule has 0 radical (unpaired) electrons. The van der Waals surface area contributed by atoms with Gasteiger partial charge in [-0.15, -0.1) is 0 Å². The zero-order chi connectivity index (χ0) is 20.3. The third kappa shape index (κ3) is 3.75. The largest absolute Gasteiger partial charge is 0.486 e. The van der Waals surface area contributed by atoms with Crippen molar-refractivity contribution in [2.24, 2.45) is 0 Å². The van der Waals surface area contributed by atoms with Gasteiger partial charge < -0.3 is 14.4 Å². The van der Waals surface area contributed by atoms with E-state index >= 15 is 0 Å². The Bertz CT molecular complexity index is 1050. The topological polar surface area (TPSA) is 51.7 Å².